The van der Waals surface area contributed by atoms with Gasteiger partial charge in [0, 0.05) is 28.2 Å². The molecule has 10 heteroatoms. The summed E-state index contributed by atoms with van der Waals surface area (Å²) < 4.78 is 50.3. The van der Waals surface area contributed by atoms with Crippen molar-refractivity contribution in [1.29, 1.82) is 0 Å². The fourth-order valence-electron chi connectivity index (χ4n) is 2.37. The lowest BCUT2D eigenvalue weighted by atomic mass is 10.2. The van der Waals surface area contributed by atoms with Gasteiger partial charge in [0.1, 0.15) is 23.9 Å². The molecule has 0 aliphatic heterocycles. The van der Waals surface area contributed by atoms with Crippen molar-refractivity contribution in [3.8, 4) is 11.8 Å². The van der Waals surface area contributed by atoms with Gasteiger partial charge in [-0.05, 0) is 24.3 Å². The zero-order valence-electron chi connectivity index (χ0n) is 13.6. The molecule has 0 saturated carbocycles. The van der Waals surface area contributed by atoms with Crippen molar-refractivity contribution >= 4 is 38.2 Å². The molecule has 0 spiro atoms. The van der Waals surface area contributed by atoms with E-state index in [2.05, 4.69) is 14.7 Å². The van der Waals surface area contributed by atoms with Gasteiger partial charge >= 0.3 is 0 Å². The molecule has 7 nitrogen and oxygen atoms in total. The highest BCUT2D eigenvalue weighted by Crippen LogP contribution is 2.30. The third-order valence-corrected chi connectivity index (χ3v) is 5.14. The van der Waals surface area contributed by atoms with Crippen LogP contribution in [0.15, 0.2) is 41.4 Å². The molecule has 0 fully saturated rings. The van der Waals surface area contributed by atoms with Gasteiger partial charge in [0.05, 0.1) is 7.11 Å². The van der Waals surface area contributed by atoms with Crippen molar-refractivity contribution in [3.05, 3.63) is 41.6 Å². The molecule has 2 N–H and O–H groups in total. The number of ether oxygens (including phenoxy) is 2. The van der Waals surface area contributed by atoms with Gasteiger partial charge in [0.25, 0.3) is 10.0 Å². The number of alkyl halides is 1. The number of fused-ring (bicyclic) bond motifs is 1. The minimum absolute atomic E-state index is 0.00724. The minimum atomic E-state index is -3.92. The maximum Gasteiger partial charge on any atom is 0.264 e. The number of aromatic nitrogens is 2. The SMILES string of the molecule is COc1nc(OCCF)ccc1NS(=O)(=O)c1c[nH]c2cc(Cl)ccc12. The van der Waals surface area contributed by atoms with Gasteiger partial charge in [0.2, 0.25) is 11.8 Å². The standard InChI is InChI=1S/C16H15ClFN3O4S/c1-24-16-12(4-5-15(20-16)25-7-6-18)21-26(22,23)14-9-19-13-8-10(17)2-3-11(13)14/h2-5,8-9,19,21H,6-7H2,1H3. The number of hydrogen-bond donors (Lipinski definition) is 2. The number of nitrogens with zero attached hydrogens (tertiary/aromatic N) is 1. The number of benzene rings is 1. The maximum atomic E-state index is 12.8. The molecule has 0 aliphatic rings. The van der Waals surface area contributed by atoms with Crippen molar-refractivity contribution in [2.45, 2.75) is 4.90 Å². The topological polar surface area (TPSA) is 93.3 Å². The van der Waals surface area contributed by atoms with Crippen molar-refractivity contribution in [1.82, 2.24) is 9.97 Å². The molecule has 1 aromatic carbocycles. The Hall–Kier alpha value is -2.52. The minimum Gasteiger partial charge on any atom is -0.479 e. The summed E-state index contributed by atoms with van der Waals surface area (Å²) in [7, 11) is -2.58. The van der Waals surface area contributed by atoms with E-state index in [1.807, 2.05) is 0 Å². The van der Waals surface area contributed by atoms with E-state index >= 15 is 0 Å². The molecule has 0 saturated heterocycles. The summed E-state index contributed by atoms with van der Waals surface area (Å²) in [4.78, 5) is 6.94. The Bertz CT molecular complexity index is 1040. The molecule has 2 aromatic heterocycles. The smallest absolute Gasteiger partial charge is 0.264 e. The van der Waals surface area contributed by atoms with Gasteiger partial charge in [-0.25, -0.2) is 12.8 Å². The van der Waals surface area contributed by atoms with E-state index in [0.29, 0.717) is 15.9 Å². The lowest BCUT2D eigenvalue weighted by molar-refractivity contribution is 0.261. The molecule has 138 valence electrons. The third-order valence-electron chi connectivity index (χ3n) is 3.49. The summed E-state index contributed by atoms with van der Waals surface area (Å²) in [6.07, 6.45) is 1.38. The Labute approximate surface area is 154 Å². The van der Waals surface area contributed by atoms with Crippen LogP contribution in [0.1, 0.15) is 0 Å². The van der Waals surface area contributed by atoms with Crippen LogP contribution in [0.3, 0.4) is 0 Å². The fraction of sp³-hybridized carbons (Fsp3) is 0.188. The lowest BCUT2D eigenvalue weighted by Gasteiger charge is -2.12. The molecule has 0 amide bonds. The van der Waals surface area contributed by atoms with Gasteiger partial charge in [0.15, 0.2) is 0 Å². The molecular formula is C16H15ClFN3O4S. The average Bonchev–Trinajstić information content (AvgIpc) is 3.04. The fourth-order valence-corrected chi connectivity index (χ4v) is 3.78. The molecule has 0 aliphatic carbocycles. The van der Waals surface area contributed by atoms with Crippen LogP contribution in [0.5, 0.6) is 11.8 Å². The van der Waals surface area contributed by atoms with E-state index in [1.165, 1.54) is 25.4 Å². The molecule has 26 heavy (non-hydrogen) atoms. The molecule has 3 aromatic rings. The molecule has 0 atom stereocenters. The van der Waals surface area contributed by atoms with E-state index < -0.39 is 16.7 Å². The first-order chi connectivity index (χ1) is 12.4. The predicted molar refractivity (Wildman–Crippen MR) is 96.4 cm³/mol. The van der Waals surface area contributed by atoms with E-state index in [-0.39, 0.29) is 28.9 Å². The number of sulfonamides is 1. The first-order valence-corrected chi connectivity index (χ1v) is 9.34. The quantitative estimate of drug-likeness (QED) is 0.635. The van der Waals surface area contributed by atoms with E-state index in [4.69, 9.17) is 21.1 Å². The average molecular weight is 400 g/mol. The van der Waals surface area contributed by atoms with E-state index in [0.717, 1.165) is 0 Å². The summed E-state index contributed by atoms with van der Waals surface area (Å²) in [6, 6.07) is 7.71. The highest BCUT2D eigenvalue weighted by atomic mass is 35.5. The first-order valence-electron chi connectivity index (χ1n) is 7.48. The molecule has 3 rings (SSSR count). The van der Waals surface area contributed by atoms with E-state index in [9.17, 15) is 12.8 Å². The van der Waals surface area contributed by atoms with Gasteiger partial charge in [-0.3, -0.25) is 4.72 Å². The Kier molecular flexibility index (Phi) is 5.19. The predicted octanol–water partition coefficient (Wildman–Crippen LogP) is 3.37. The highest BCUT2D eigenvalue weighted by molar-refractivity contribution is 7.93. The number of pyridine rings is 1. The monoisotopic (exact) mass is 399 g/mol. The Morgan fingerprint density at radius 2 is 2.12 bits per heavy atom. The first kappa shape index (κ1) is 18.3. The van der Waals surface area contributed by atoms with Crippen LogP contribution in [0, 0.1) is 0 Å². The Balaban J connectivity index is 1.93. The van der Waals surface area contributed by atoms with Crippen LogP contribution in [0.25, 0.3) is 10.9 Å². The zero-order valence-corrected chi connectivity index (χ0v) is 15.2. The van der Waals surface area contributed by atoms with Crippen LogP contribution in [0.2, 0.25) is 5.02 Å². The normalized spacial score (nSPS) is 11.5. The lowest BCUT2D eigenvalue weighted by Crippen LogP contribution is -2.14. The van der Waals surface area contributed by atoms with Crippen molar-refractivity contribution in [2.24, 2.45) is 0 Å². The second-order valence-corrected chi connectivity index (χ2v) is 7.28. The number of anilines is 1. The number of hydrogen-bond acceptors (Lipinski definition) is 5. The second kappa shape index (κ2) is 7.38. The summed E-state index contributed by atoms with van der Waals surface area (Å²) in [5.74, 6) is 0.136. The zero-order chi connectivity index (χ0) is 18.7. The van der Waals surface area contributed by atoms with E-state index in [1.54, 1.807) is 18.2 Å². The summed E-state index contributed by atoms with van der Waals surface area (Å²) in [5, 5.41) is 0.989. The second-order valence-electron chi connectivity index (χ2n) is 5.19. The molecule has 0 radical (unpaired) electrons. The van der Waals surface area contributed by atoms with Gasteiger partial charge in [-0.15, -0.1) is 0 Å². The van der Waals surface area contributed by atoms with Crippen molar-refractivity contribution in [3.63, 3.8) is 0 Å². The highest BCUT2D eigenvalue weighted by Gasteiger charge is 2.21. The molecule has 0 unspecified atom stereocenters. The van der Waals surface area contributed by atoms with Crippen LogP contribution in [-0.4, -0.2) is 38.8 Å². The van der Waals surface area contributed by atoms with Crippen molar-refractivity contribution in [2.75, 3.05) is 25.1 Å². The number of halogens is 2. The van der Waals surface area contributed by atoms with Crippen LogP contribution in [0.4, 0.5) is 10.1 Å². The maximum absolute atomic E-state index is 12.8. The van der Waals surface area contributed by atoms with Crippen LogP contribution >= 0.6 is 11.6 Å². The summed E-state index contributed by atoms with van der Waals surface area (Å²) in [5.41, 5.74) is 0.723. The molecule has 0 bridgehead atoms. The largest absolute Gasteiger partial charge is 0.479 e. The van der Waals surface area contributed by atoms with Gasteiger partial charge < -0.3 is 14.5 Å². The van der Waals surface area contributed by atoms with Crippen molar-refractivity contribution < 1.29 is 22.3 Å². The van der Waals surface area contributed by atoms with Gasteiger partial charge in [-0.2, -0.15) is 4.98 Å². The molecule has 2 heterocycles. The number of nitrogens with one attached hydrogen (secondary N) is 2. The number of H-pyrrole nitrogens is 1. The third kappa shape index (κ3) is 3.68. The number of methoxy groups -OCH3 is 1. The van der Waals surface area contributed by atoms with Crippen LogP contribution in [-0.2, 0) is 10.0 Å². The van der Waals surface area contributed by atoms with Gasteiger partial charge in [-0.1, -0.05) is 11.6 Å². The Morgan fingerprint density at radius 3 is 2.85 bits per heavy atom. The molecular weight excluding hydrogens is 385 g/mol. The summed E-state index contributed by atoms with van der Waals surface area (Å²) >= 11 is 5.92. The number of aromatic amines is 1. The van der Waals surface area contributed by atoms with Crippen LogP contribution < -0.4 is 14.2 Å². The summed E-state index contributed by atoms with van der Waals surface area (Å²) in [6.45, 7) is -0.817. The Morgan fingerprint density at radius 1 is 1.31 bits per heavy atom. The number of rotatable bonds is 7.